The highest BCUT2D eigenvalue weighted by Gasteiger charge is 2.36. The fraction of sp³-hybridized carbons (Fsp3) is 0.0312. The van der Waals surface area contributed by atoms with Crippen LogP contribution in [0.25, 0.3) is 16.3 Å². The molecule has 0 spiro atoms. The van der Waals surface area contributed by atoms with Gasteiger partial charge in [-0.3, -0.25) is 24.5 Å². The van der Waals surface area contributed by atoms with Crippen LogP contribution in [0.5, 0.6) is 0 Å². The summed E-state index contributed by atoms with van der Waals surface area (Å²) in [5.41, 5.74) is 3.06. The molecule has 44 heavy (non-hydrogen) atoms. The second kappa shape index (κ2) is 11.6. The summed E-state index contributed by atoms with van der Waals surface area (Å²) in [4.78, 5) is 56.0. The summed E-state index contributed by atoms with van der Waals surface area (Å²) in [6.07, 6.45) is 1.30. The first-order valence-electron chi connectivity index (χ1n) is 13.1. The van der Waals surface area contributed by atoms with Crippen LogP contribution < -0.4 is 10.2 Å². The maximum atomic E-state index is 12.9. The first-order valence-corrected chi connectivity index (χ1v) is 14.7. The molecule has 1 aromatic heterocycles. The molecular weight excluding hydrogens is 599 g/mol. The molecule has 12 heteroatoms. The Morgan fingerprint density at radius 3 is 2.45 bits per heavy atom. The van der Waals surface area contributed by atoms with Crippen LogP contribution in [0.2, 0.25) is 0 Å². The van der Waals surface area contributed by atoms with Crippen LogP contribution in [0.15, 0.2) is 99.7 Å². The highest BCUT2D eigenvalue weighted by molar-refractivity contribution is 8.01. The Morgan fingerprint density at radius 2 is 1.77 bits per heavy atom. The van der Waals surface area contributed by atoms with Gasteiger partial charge in [0, 0.05) is 11.8 Å². The third-order valence-corrected chi connectivity index (χ3v) is 8.88. The number of nitrogens with zero attached hydrogens (tertiary/aromatic N) is 4. The third kappa shape index (κ3) is 5.45. The van der Waals surface area contributed by atoms with Crippen LogP contribution in [0.4, 0.5) is 17.1 Å². The average molecular weight is 618 g/mol. The van der Waals surface area contributed by atoms with Crippen LogP contribution in [-0.4, -0.2) is 27.6 Å². The first kappa shape index (κ1) is 28.5. The zero-order chi connectivity index (χ0) is 31.0. The number of thiazole rings is 1. The smallest absolute Gasteiger partial charge is 0.283 e. The molecule has 0 atom stereocenters. The molecule has 1 aliphatic rings. The topological polar surface area (TPSA) is 146 Å². The molecule has 214 valence electrons. The number of carbonyl (C=O) groups excluding carboxylic acids is 3. The number of fused-ring (bicyclic) bond motifs is 2. The van der Waals surface area contributed by atoms with Crippen molar-refractivity contribution < 1.29 is 19.3 Å². The fourth-order valence-electron chi connectivity index (χ4n) is 4.68. The first-order chi connectivity index (χ1) is 21.2. The Kier molecular flexibility index (Phi) is 7.48. The molecule has 10 nitrogen and oxygen atoms in total. The van der Waals surface area contributed by atoms with Crippen molar-refractivity contribution in [1.82, 2.24) is 4.98 Å². The number of aryl methyl sites for hydroxylation is 1. The molecule has 1 aliphatic heterocycles. The van der Waals surface area contributed by atoms with Crippen molar-refractivity contribution >= 4 is 74.2 Å². The Morgan fingerprint density at radius 1 is 1.02 bits per heavy atom. The van der Waals surface area contributed by atoms with Crippen LogP contribution in [0.1, 0.15) is 31.8 Å². The molecule has 0 fully saturated rings. The summed E-state index contributed by atoms with van der Waals surface area (Å²) in [7, 11) is 0. The Bertz CT molecular complexity index is 2080. The number of anilines is 2. The number of nitro benzene ring substituents is 1. The van der Waals surface area contributed by atoms with E-state index in [9.17, 15) is 29.8 Å². The number of rotatable bonds is 7. The van der Waals surface area contributed by atoms with E-state index < -0.39 is 22.6 Å². The second-order valence-electron chi connectivity index (χ2n) is 9.70. The van der Waals surface area contributed by atoms with E-state index in [1.54, 1.807) is 72.8 Å². The van der Waals surface area contributed by atoms with E-state index in [1.165, 1.54) is 23.5 Å². The van der Waals surface area contributed by atoms with Gasteiger partial charge in [-0.15, -0.1) is 11.3 Å². The lowest BCUT2D eigenvalue weighted by molar-refractivity contribution is -0.387. The number of amides is 3. The Hall–Kier alpha value is -5.64. The largest absolute Gasteiger partial charge is 0.321 e. The minimum Gasteiger partial charge on any atom is -0.321 e. The zero-order valence-electron chi connectivity index (χ0n) is 22.8. The van der Waals surface area contributed by atoms with Gasteiger partial charge in [0.1, 0.15) is 11.6 Å². The predicted molar refractivity (Wildman–Crippen MR) is 168 cm³/mol. The molecular formula is C32H19N5O5S2. The van der Waals surface area contributed by atoms with Gasteiger partial charge in [0.2, 0.25) is 0 Å². The molecule has 4 aromatic carbocycles. The minimum absolute atomic E-state index is 0.207. The molecule has 0 bridgehead atoms. The van der Waals surface area contributed by atoms with E-state index in [0.717, 1.165) is 22.2 Å². The van der Waals surface area contributed by atoms with E-state index >= 15 is 0 Å². The van der Waals surface area contributed by atoms with Crippen molar-refractivity contribution in [2.24, 2.45) is 0 Å². The number of benzene rings is 4. The maximum Gasteiger partial charge on any atom is 0.283 e. The lowest BCUT2D eigenvalue weighted by Crippen LogP contribution is -2.29. The van der Waals surface area contributed by atoms with Gasteiger partial charge in [0.15, 0.2) is 4.34 Å². The summed E-state index contributed by atoms with van der Waals surface area (Å²) < 4.78 is 1.21. The van der Waals surface area contributed by atoms with E-state index in [2.05, 4.69) is 10.3 Å². The molecule has 0 saturated carbocycles. The van der Waals surface area contributed by atoms with Gasteiger partial charge >= 0.3 is 0 Å². The van der Waals surface area contributed by atoms with E-state index in [1.807, 2.05) is 19.1 Å². The number of imide groups is 1. The van der Waals surface area contributed by atoms with Crippen LogP contribution in [0.3, 0.4) is 0 Å². The summed E-state index contributed by atoms with van der Waals surface area (Å²) in [6, 6.07) is 25.1. The van der Waals surface area contributed by atoms with Crippen LogP contribution in [0, 0.1) is 28.4 Å². The maximum absolute atomic E-state index is 12.9. The number of hydrogen-bond acceptors (Lipinski definition) is 9. The molecule has 0 radical (unpaired) electrons. The number of carbonyl (C=O) groups is 3. The van der Waals surface area contributed by atoms with Crippen molar-refractivity contribution in [3.8, 4) is 6.07 Å². The Balaban J connectivity index is 1.24. The monoisotopic (exact) mass is 617 g/mol. The zero-order valence-corrected chi connectivity index (χ0v) is 24.4. The van der Waals surface area contributed by atoms with Crippen LogP contribution in [-0.2, 0) is 4.79 Å². The molecule has 0 saturated heterocycles. The second-order valence-corrected chi connectivity index (χ2v) is 12.0. The van der Waals surface area contributed by atoms with Gasteiger partial charge in [-0.2, -0.15) is 5.26 Å². The van der Waals surface area contributed by atoms with Crippen molar-refractivity contribution in [3.63, 3.8) is 0 Å². The lowest BCUT2D eigenvalue weighted by atomic mass is 10.1. The van der Waals surface area contributed by atoms with Crippen molar-refractivity contribution in [3.05, 3.63) is 123 Å². The van der Waals surface area contributed by atoms with Crippen LogP contribution >= 0.6 is 23.1 Å². The van der Waals surface area contributed by atoms with E-state index in [-0.39, 0.29) is 11.3 Å². The average Bonchev–Trinajstić information content (AvgIpc) is 3.52. The van der Waals surface area contributed by atoms with Gasteiger partial charge in [-0.25, -0.2) is 9.88 Å². The lowest BCUT2D eigenvalue weighted by Gasteiger charge is -2.13. The SMILES string of the molecule is Cc1cccc(NC(=O)/C(C#N)=C/c2ccc(Sc3nc4ccc(N5C(=O)c6ccccc6C5=O)cc4s3)c([N+](=O)[O-])c2)c1. The Labute approximate surface area is 258 Å². The van der Waals surface area contributed by atoms with E-state index in [0.29, 0.717) is 47.5 Å². The van der Waals surface area contributed by atoms with Crippen molar-refractivity contribution in [1.29, 1.82) is 5.26 Å². The molecule has 5 aromatic rings. The number of nitriles is 1. The van der Waals surface area contributed by atoms with Gasteiger partial charge in [-0.05, 0) is 72.7 Å². The number of hydrogen-bond donors (Lipinski definition) is 1. The number of nitrogens with one attached hydrogen (secondary N) is 1. The highest BCUT2D eigenvalue weighted by atomic mass is 32.2. The van der Waals surface area contributed by atoms with Crippen molar-refractivity contribution in [2.75, 3.05) is 10.2 Å². The standard InChI is InChI=1S/C32H19N5O5S2/c1-18-5-4-6-21(13-18)34-29(38)20(17-33)14-19-9-12-27(26(15-19)37(41)42)43-32-35-25-11-10-22(16-28(25)44-32)36-30(39)23-7-2-3-8-24(23)31(36)40/h2-16H,1H3,(H,34,38)/b20-14+. The molecule has 1 N–H and O–H groups in total. The van der Waals surface area contributed by atoms with Gasteiger partial charge in [-0.1, -0.05) is 42.1 Å². The normalized spacial score (nSPS) is 12.7. The molecule has 6 rings (SSSR count). The summed E-state index contributed by atoms with van der Waals surface area (Å²) in [5, 5.41) is 24.2. The molecule has 0 aliphatic carbocycles. The predicted octanol–water partition coefficient (Wildman–Crippen LogP) is 7.01. The number of aromatic nitrogens is 1. The van der Waals surface area contributed by atoms with E-state index in [4.69, 9.17) is 0 Å². The summed E-state index contributed by atoms with van der Waals surface area (Å²) in [6.45, 7) is 1.87. The molecule has 0 unspecified atom stereocenters. The van der Waals surface area contributed by atoms with Gasteiger partial charge in [0.25, 0.3) is 23.4 Å². The third-order valence-electron chi connectivity index (χ3n) is 6.73. The van der Waals surface area contributed by atoms with Crippen molar-refractivity contribution in [2.45, 2.75) is 16.2 Å². The quantitative estimate of drug-likeness (QED) is 0.0675. The van der Waals surface area contributed by atoms with Gasteiger partial charge < -0.3 is 5.32 Å². The molecule has 3 amide bonds. The van der Waals surface area contributed by atoms with Gasteiger partial charge in [0.05, 0.1) is 36.8 Å². The fourth-order valence-corrected chi connectivity index (χ4v) is 6.82. The molecule has 2 heterocycles. The number of nitro groups is 1. The minimum atomic E-state index is -0.630. The highest BCUT2D eigenvalue weighted by Crippen LogP contribution is 2.40. The summed E-state index contributed by atoms with van der Waals surface area (Å²) >= 11 is 2.36. The summed E-state index contributed by atoms with van der Waals surface area (Å²) in [5.74, 6) is -1.43.